The zero-order valence-electron chi connectivity index (χ0n) is 12.0. The molecule has 1 atom stereocenters. The van der Waals surface area contributed by atoms with Gasteiger partial charge in [-0.2, -0.15) is 0 Å². The van der Waals surface area contributed by atoms with Gasteiger partial charge in [0.05, 0.1) is 20.9 Å². The summed E-state index contributed by atoms with van der Waals surface area (Å²) in [5, 5.41) is 0. The summed E-state index contributed by atoms with van der Waals surface area (Å²) >= 11 is 3.37. The largest absolute Gasteiger partial charge is 0.490 e. The van der Waals surface area contributed by atoms with Crippen molar-refractivity contribution in [1.82, 2.24) is 0 Å². The second-order valence-electron chi connectivity index (χ2n) is 5.18. The second-order valence-corrected chi connectivity index (χ2v) is 7.98. The van der Waals surface area contributed by atoms with Crippen molar-refractivity contribution in [1.29, 1.82) is 0 Å². The van der Waals surface area contributed by atoms with Gasteiger partial charge < -0.3 is 9.47 Å². The van der Waals surface area contributed by atoms with Crippen LogP contribution in [0.5, 0.6) is 5.75 Å². The van der Waals surface area contributed by atoms with Crippen molar-refractivity contribution in [2.75, 3.05) is 13.2 Å². The Balaban J connectivity index is 1.88. The fourth-order valence-electron chi connectivity index (χ4n) is 2.03. The molecule has 116 valence electrons. The van der Waals surface area contributed by atoms with Crippen LogP contribution in [0.4, 0.5) is 0 Å². The number of sulfone groups is 1. The molecule has 0 saturated carbocycles. The predicted octanol–water partition coefficient (Wildman–Crippen LogP) is 3.37. The molecule has 1 fully saturated rings. The molecule has 0 amide bonds. The van der Waals surface area contributed by atoms with Crippen molar-refractivity contribution in [3.8, 4) is 5.75 Å². The molecular weight excluding hydrogens is 368 g/mol. The van der Waals surface area contributed by atoms with E-state index in [0.717, 1.165) is 12.2 Å². The first-order valence-corrected chi connectivity index (χ1v) is 9.10. The van der Waals surface area contributed by atoms with Gasteiger partial charge >= 0.3 is 0 Å². The summed E-state index contributed by atoms with van der Waals surface area (Å²) in [5.74, 6) is 0.610. The Kier molecular flexibility index (Phi) is 4.25. The molecule has 0 spiro atoms. The smallest absolute Gasteiger partial charge is 0.206 e. The van der Waals surface area contributed by atoms with Gasteiger partial charge in [-0.3, -0.25) is 0 Å². The number of hydrogen-bond acceptors (Lipinski definition) is 4. The number of ether oxygens (including phenoxy) is 2. The maximum absolute atomic E-state index is 12.6. The topological polar surface area (TPSA) is 55.9 Å². The molecule has 1 saturated heterocycles. The van der Waals surface area contributed by atoms with Crippen molar-refractivity contribution in [3.63, 3.8) is 0 Å². The van der Waals surface area contributed by atoms with E-state index in [0.29, 0.717) is 21.7 Å². The lowest BCUT2D eigenvalue weighted by atomic mass is 10.2. The number of benzene rings is 2. The number of hydrogen-bond donors (Lipinski definition) is 0. The maximum atomic E-state index is 12.6. The molecule has 1 unspecified atom stereocenters. The molecule has 1 aliphatic rings. The van der Waals surface area contributed by atoms with Crippen molar-refractivity contribution >= 4 is 25.8 Å². The molecular formula is C16H15BrO4S. The van der Waals surface area contributed by atoms with E-state index in [9.17, 15) is 8.42 Å². The van der Waals surface area contributed by atoms with Crippen molar-refractivity contribution < 1.29 is 17.9 Å². The lowest BCUT2D eigenvalue weighted by Gasteiger charge is -2.10. The number of epoxide rings is 1. The Labute approximate surface area is 138 Å². The first-order chi connectivity index (χ1) is 10.5. The lowest BCUT2D eigenvalue weighted by molar-refractivity contribution is 0.261. The van der Waals surface area contributed by atoms with Crippen LogP contribution < -0.4 is 4.74 Å². The summed E-state index contributed by atoms with van der Waals surface area (Å²) in [6.07, 6.45) is 0.155. The van der Waals surface area contributed by atoms with Gasteiger partial charge in [-0.15, -0.1) is 0 Å². The Morgan fingerprint density at radius 3 is 2.59 bits per heavy atom. The van der Waals surface area contributed by atoms with E-state index in [1.54, 1.807) is 36.4 Å². The summed E-state index contributed by atoms with van der Waals surface area (Å²) in [4.78, 5) is 0.527. The normalized spacial score (nSPS) is 17.3. The van der Waals surface area contributed by atoms with Gasteiger partial charge in [0, 0.05) is 0 Å². The highest BCUT2D eigenvalue weighted by Gasteiger charge is 2.24. The third-order valence-electron chi connectivity index (χ3n) is 3.34. The van der Waals surface area contributed by atoms with Crippen LogP contribution in [0.3, 0.4) is 0 Å². The Morgan fingerprint density at radius 2 is 1.95 bits per heavy atom. The molecule has 0 N–H and O–H groups in total. The summed E-state index contributed by atoms with van der Waals surface area (Å²) in [6.45, 7) is 3.06. The van der Waals surface area contributed by atoms with Gasteiger partial charge in [-0.05, 0) is 58.7 Å². The molecule has 6 heteroatoms. The molecule has 2 aromatic carbocycles. The molecule has 1 aliphatic heterocycles. The zero-order chi connectivity index (χ0) is 15.7. The van der Waals surface area contributed by atoms with Gasteiger partial charge in [-0.1, -0.05) is 12.1 Å². The molecule has 3 rings (SSSR count). The zero-order valence-corrected chi connectivity index (χ0v) is 14.4. The fraction of sp³-hybridized carbons (Fsp3) is 0.250. The van der Waals surface area contributed by atoms with E-state index < -0.39 is 9.84 Å². The van der Waals surface area contributed by atoms with Gasteiger partial charge in [0.25, 0.3) is 0 Å². The van der Waals surface area contributed by atoms with Gasteiger partial charge in [0.2, 0.25) is 9.84 Å². The lowest BCUT2D eigenvalue weighted by Crippen LogP contribution is -2.06. The molecule has 0 aromatic heterocycles. The Morgan fingerprint density at radius 1 is 1.23 bits per heavy atom. The van der Waals surface area contributed by atoms with Crippen LogP contribution in [0, 0.1) is 6.92 Å². The van der Waals surface area contributed by atoms with Crippen LogP contribution in [-0.2, 0) is 14.6 Å². The van der Waals surface area contributed by atoms with E-state index in [-0.39, 0.29) is 11.0 Å². The molecule has 0 aliphatic carbocycles. The maximum Gasteiger partial charge on any atom is 0.206 e. The molecule has 2 aromatic rings. The highest BCUT2D eigenvalue weighted by Crippen LogP contribution is 2.31. The van der Waals surface area contributed by atoms with Gasteiger partial charge in [-0.25, -0.2) is 8.42 Å². The minimum Gasteiger partial charge on any atom is -0.490 e. The molecule has 0 bridgehead atoms. The Hall–Kier alpha value is -1.37. The number of rotatable bonds is 5. The second kappa shape index (κ2) is 6.02. The predicted molar refractivity (Wildman–Crippen MR) is 86.0 cm³/mol. The average molecular weight is 383 g/mol. The van der Waals surface area contributed by atoms with E-state index in [2.05, 4.69) is 15.9 Å². The molecule has 22 heavy (non-hydrogen) atoms. The third kappa shape index (κ3) is 3.34. The average Bonchev–Trinajstić information content (AvgIpc) is 3.30. The van der Waals surface area contributed by atoms with E-state index in [4.69, 9.17) is 9.47 Å². The van der Waals surface area contributed by atoms with Crippen molar-refractivity contribution in [3.05, 3.63) is 52.5 Å². The number of halogens is 1. The van der Waals surface area contributed by atoms with Crippen LogP contribution in [-0.4, -0.2) is 27.7 Å². The van der Waals surface area contributed by atoms with Crippen LogP contribution in [0.1, 0.15) is 5.56 Å². The van der Waals surface area contributed by atoms with Crippen molar-refractivity contribution in [2.24, 2.45) is 0 Å². The van der Waals surface area contributed by atoms with Crippen LogP contribution in [0.25, 0.3) is 0 Å². The first-order valence-electron chi connectivity index (χ1n) is 6.82. The highest BCUT2D eigenvalue weighted by molar-refractivity contribution is 9.10. The summed E-state index contributed by atoms with van der Waals surface area (Å²) in [5.41, 5.74) is 0.907. The van der Waals surface area contributed by atoms with E-state index in [1.165, 1.54) is 0 Å². The summed E-state index contributed by atoms with van der Waals surface area (Å²) in [7, 11) is -3.53. The molecule has 4 nitrogen and oxygen atoms in total. The minimum atomic E-state index is -3.53. The third-order valence-corrected chi connectivity index (χ3v) is 5.71. The van der Waals surface area contributed by atoms with Crippen molar-refractivity contribution in [2.45, 2.75) is 22.8 Å². The van der Waals surface area contributed by atoms with Crippen LogP contribution in [0.15, 0.2) is 56.7 Å². The molecule has 0 radical (unpaired) electrons. The summed E-state index contributed by atoms with van der Waals surface area (Å²) < 4.78 is 36.6. The SMILES string of the molecule is Cc1cccc(S(=O)(=O)c2ccc(OCC3CO3)c(Br)c2)c1. The van der Waals surface area contributed by atoms with E-state index >= 15 is 0 Å². The van der Waals surface area contributed by atoms with Crippen LogP contribution in [0.2, 0.25) is 0 Å². The first kappa shape index (κ1) is 15.5. The van der Waals surface area contributed by atoms with E-state index in [1.807, 2.05) is 13.0 Å². The standard InChI is InChI=1S/C16H15BrO4S/c1-11-3-2-4-13(7-11)22(18,19)14-5-6-16(15(17)8-14)21-10-12-9-20-12/h2-8,12H,9-10H2,1H3. The van der Waals surface area contributed by atoms with Gasteiger partial charge in [0.15, 0.2) is 0 Å². The highest BCUT2D eigenvalue weighted by atomic mass is 79.9. The van der Waals surface area contributed by atoms with Crippen LogP contribution >= 0.6 is 15.9 Å². The Bertz CT molecular complexity index is 798. The number of aryl methyl sites for hydroxylation is 1. The summed E-state index contributed by atoms with van der Waals surface area (Å²) in [6, 6.07) is 11.7. The molecule has 1 heterocycles. The fourth-order valence-corrected chi connectivity index (χ4v) is 4.07. The minimum absolute atomic E-state index is 0.155. The monoisotopic (exact) mass is 382 g/mol. The quantitative estimate of drug-likeness (QED) is 0.743. The van der Waals surface area contributed by atoms with Gasteiger partial charge in [0.1, 0.15) is 18.5 Å².